The smallest absolute Gasteiger partial charge is 0.416 e. The summed E-state index contributed by atoms with van der Waals surface area (Å²) in [5.41, 5.74) is 0.416. The third-order valence-electron chi connectivity index (χ3n) is 4.22. The highest BCUT2D eigenvalue weighted by Gasteiger charge is 2.30. The van der Waals surface area contributed by atoms with Crippen LogP contribution in [0.5, 0.6) is 0 Å². The number of anilines is 1. The zero-order valence-corrected chi connectivity index (χ0v) is 13.5. The Labute approximate surface area is 144 Å². The molecule has 0 spiro atoms. The van der Waals surface area contributed by atoms with E-state index in [1.54, 1.807) is 0 Å². The highest BCUT2D eigenvalue weighted by Crippen LogP contribution is 2.29. The first-order chi connectivity index (χ1) is 11.9. The van der Waals surface area contributed by atoms with E-state index in [9.17, 15) is 18.0 Å². The number of piperidine rings is 1. The van der Waals surface area contributed by atoms with E-state index in [4.69, 9.17) is 4.74 Å². The number of nitrogens with zero attached hydrogens (tertiary/aromatic N) is 1. The van der Waals surface area contributed by atoms with Crippen LogP contribution in [0.1, 0.15) is 28.8 Å². The van der Waals surface area contributed by atoms with Crippen molar-refractivity contribution in [1.82, 2.24) is 0 Å². The van der Waals surface area contributed by atoms with Crippen LogP contribution in [0.4, 0.5) is 18.9 Å². The number of halogens is 3. The van der Waals surface area contributed by atoms with Gasteiger partial charge >= 0.3 is 12.1 Å². The molecule has 1 atom stereocenters. The predicted octanol–water partition coefficient (Wildman–Crippen LogP) is 4.53. The molecule has 0 bridgehead atoms. The maximum absolute atomic E-state index is 12.6. The molecule has 0 saturated carbocycles. The van der Waals surface area contributed by atoms with Gasteiger partial charge in [-0.2, -0.15) is 13.2 Å². The number of ether oxygens (including phenoxy) is 1. The van der Waals surface area contributed by atoms with Gasteiger partial charge in [-0.1, -0.05) is 18.2 Å². The molecule has 1 fully saturated rings. The van der Waals surface area contributed by atoms with Gasteiger partial charge in [0.25, 0.3) is 0 Å². The average Bonchev–Trinajstić information content (AvgIpc) is 2.62. The lowest BCUT2D eigenvalue weighted by atomic mass is 10.1. The number of esters is 1. The first kappa shape index (κ1) is 17.3. The molecule has 0 radical (unpaired) electrons. The zero-order valence-electron chi connectivity index (χ0n) is 13.5. The molecule has 2 aromatic rings. The van der Waals surface area contributed by atoms with Crippen LogP contribution in [-0.2, 0) is 10.9 Å². The first-order valence-corrected chi connectivity index (χ1v) is 8.12. The molecule has 2 aromatic carbocycles. The molecule has 1 unspecified atom stereocenters. The highest BCUT2D eigenvalue weighted by atomic mass is 19.4. The van der Waals surface area contributed by atoms with Crippen molar-refractivity contribution in [2.45, 2.75) is 25.1 Å². The lowest BCUT2D eigenvalue weighted by Gasteiger charge is -2.34. The standard InChI is InChI=1S/C19H18F3NO2/c20-19(21,22)15-10-8-14(9-11-15)18(24)25-17-7-4-12-23(13-17)16-5-2-1-3-6-16/h1-3,5-6,8-11,17H,4,7,12-13H2. The SMILES string of the molecule is O=C(OC1CCCN(c2ccccc2)C1)c1ccc(C(F)(F)F)cc1. The van der Waals surface area contributed by atoms with Gasteiger partial charge in [0.1, 0.15) is 6.10 Å². The Morgan fingerprint density at radius 2 is 1.72 bits per heavy atom. The van der Waals surface area contributed by atoms with E-state index < -0.39 is 17.7 Å². The minimum Gasteiger partial charge on any atom is -0.457 e. The molecule has 0 amide bonds. The summed E-state index contributed by atoms with van der Waals surface area (Å²) in [4.78, 5) is 14.3. The summed E-state index contributed by atoms with van der Waals surface area (Å²) in [6, 6.07) is 13.9. The quantitative estimate of drug-likeness (QED) is 0.763. The summed E-state index contributed by atoms with van der Waals surface area (Å²) >= 11 is 0. The van der Waals surface area contributed by atoms with Crippen LogP contribution in [0.2, 0.25) is 0 Å². The molecule has 3 nitrogen and oxygen atoms in total. The van der Waals surface area contributed by atoms with Crippen molar-refractivity contribution in [2.75, 3.05) is 18.0 Å². The Morgan fingerprint density at radius 1 is 1.04 bits per heavy atom. The van der Waals surface area contributed by atoms with Crippen LogP contribution in [0.3, 0.4) is 0 Å². The monoisotopic (exact) mass is 349 g/mol. The maximum atomic E-state index is 12.6. The molecular formula is C19H18F3NO2. The summed E-state index contributed by atoms with van der Waals surface area (Å²) < 4.78 is 43.2. The molecule has 0 N–H and O–H groups in total. The minimum atomic E-state index is -4.41. The number of para-hydroxylation sites is 1. The second kappa shape index (κ2) is 7.17. The fourth-order valence-electron chi connectivity index (χ4n) is 2.92. The van der Waals surface area contributed by atoms with E-state index in [1.165, 1.54) is 0 Å². The second-order valence-electron chi connectivity index (χ2n) is 6.03. The van der Waals surface area contributed by atoms with Gasteiger partial charge in [0.15, 0.2) is 0 Å². The second-order valence-corrected chi connectivity index (χ2v) is 6.03. The van der Waals surface area contributed by atoms with Crippen molar-refractivity contribution in [3.05, 3.63) is 65.7 Å². The molecule has 1 saturated heterocycles. The molecule has 25 heavy (non-hydrogen) atoms. The summed E-state index contributed by atoms with van der Waals surface area (Å²) in [6.45, 7) is 1.47. The Hall–Kier alpha value is -2.50. The molecular weight excluding hydrogens is 331 g/mol. The summed E-state index contributed by atoms with van der Waals surface area (Å²) in [6.07, 6.45) is -3.05. The van der Waals surface area contributed by atoms with Crippen molar-refractivity contribution in [3.63, 3.8) is 0 Å². The number of hydrogen-bond acceptors (Lipinski definition) is 3. The van der Waals surface area contributed by atoms with E-state index in [-0.39, 0.29) is 11.7 Å². The van der Waals surface area contributed by atoms with E-state index in [2.05, 4.69) is 4.90 Å². The molecule has 0 aromatic heterocycles. The van der Waals surface area contributed by atoms with Crippen LogP contribution in [0.15, 0.2) is 54.6 Å². The van der Waals surface area contributed by atoms with Gasteiger partial charge in [-0.25, -0.2) is 4.79 Å². The number of carbonyl (C=O) groups is 1. The van der Waals surface area contributed by atoms with Gasteiger partial charge in [0.05, 0.1) is 17.7 Å². The normalized spacial score (nSPS) is 18.0. The van der Waals surface area contributed by atoms with Gasteiger partial charge in [-0.3, -0.25) is 0 Å². The largest absolute Gasteiger partial charge is 0.457 e. The number of carbonyl (C=O) groups excluding carboxylic acids is 1. The Morgan fingerprint density at radius 3 is 2.36 bits per heavy atom. The van der Waals surface area contributed by atoms with Crippen LogP contribution in [-0.4, -0.2) is 25.2 Å². The van der Waals surface area contributed by atoms with Crippen LogP contribution < -0.4 is 4.90 Å². The van der Waals surface area contributed by atoms with Gasteiger partial charge < -0.3 is 9.64 Å². The molecule has 0 aliphatic carbocycles. The summed E-state index contributed by atoms with van der Waals surface area (Å²) in [5.74, 6) is -0.589. The lowest BCUT2D eigenvalue weighted by Crippen LogP contribution is -2.40. The third-order valence-corrected chi connectivity index (χ3v) is 4.22. The highest BCUT2D eigenvalue weighted by molar-refractivity contribution is 5.89. The summed E-state index contributed by atoms with van der Waals surface area (Å²) in [7, 11) is 0. The molecule has 1 heterocycles. The Bertz CT molecular complexity index is 714. The topological polar surface area (TPSA) is 29.5 Å². The Balaban J connectivity index is 1.62. The lowest BCUT2D eigenvalue weighted by molar-refractivity contribution is -0.137. The van der Waals surface area contributed by atoms with Gasteiger partial charge in [0.2, 0.25) is 0 Å². The van der Waals surface area contributed by atoms with E-state index in [1.807, 2.05) is 30.3 Å². The molecule has 132 valence electrons. The first-order valence-electron chi connectivity index (χ1n) is 8.12. The van der Waals surface area contributed by atoms with Crippen LogP contribution >= 0.6 is 0 Å². The van der Waals surface area contributed by atoms with Crippen LogP contribution in [0.25, 0.3) is 0 Å². The molecule has 1 aliphatic rings. The number of alkyl halides is 3. The summed E-state index contributed by atoms with van der Waals surface area (Å²) in [5, 5.41) is 0. The molecule has 3 rings (SSSR count). The molecule has 1 aliphatic heterocycles. The van der Waals surface area contributed by atoms with Crippen molar-refractivity contribution < 1.29 is 22.7 Å². The van der Waals surface area contributed by atoms with Crippen molar-refractivity contribution in [2.24, 2.45) is 0 Å². The average molecular weight is 349 g/mol. The maximum Gasteiger partial charge on any atom is 0.416 e. The number of hydrogen-bond donors (Lipinski definition) is 0. The zero-order chi connectivity index (χ0) is 17.9. The van der Waals surface area contributed by atoms with Crippen molar-refractivity contribution in [1.29, 1.82) is 0 Å². The fourth-order valence-corrected chi connectivity index (χ4v) is 2.92. The van der Waals surface area contributed by atoms with E-state index in [0.717, 1.165) is 49.3 Å². The van der Waals surface area contributed by atoms with Crippen molar-refractivity contribution >= 4 is 11.7 Å². The van der Waals surface area contributed by atoms with Crippen LogP contribution in [0, 0.1) is 0 Å². The van der Waals surface area contributed by atoms with Gasteiger partial charge in [0, 0.05) is 12.2 Å². The number of benzene rings is 2. The Kier molecular flexibility index (Phi) is 4.97. The third kappa shape index (κ3) is 4.32. The van der Waals surface area contributed by atoms with E-state index in [0.29, 0.717) is 6.54 Å². The fraction of sp³-hybridized carbons (Fsp3) is 0.316. The van der Waals surface area contributed by atoms with Gasteiger partial charge in [-0.05, 0) is 49.2 Å². The molecule has 6 heteroatoms. The predicted molar refractivity (Wildman–Crippen MR) is 88.5 cm³/mol. The van der Waals surface area contributed by atoms with E-state index >= 15 is 0 Å². The van der Waals surface area contributed by atoms with Crippen molar-refractivity contribution in [3.8, 4) is 0 Å². The van der Waals surface area contributed by atoms with Gasteiger partial charge in [-0.15, -0.1) is 0 Å². The minimum absolute atomic E-state index is 0.129. The number of rotatable bonds is 3.